The normalized spacial score (nSPS) is 16.4. The number of amides is 1. The van der Waals surface area contributed by atoms with Gasteiger partial charge in [-0.05, 0) is 26.0 Å². The van der Waals surface area contributed by atoms with Crippen molar-refractivity contribution in [1.82, 2.24) is 19.6 Å². The quantitative estimate of drug-likeness (QED) is 0.662. The molecule has 1 fully saturated rings. The third-order valence-corrected chi connectivity index (χ3v) is 6.07. The van der Waals surface area contributed by atoms with E-state index in [1.165, 1.54) is 0 Å². The number of anilines is 1. The van der Waals surface area contributed by atoms with Crippen LogP contribution in [0.3, 0.4) is 0 Å². The number of aromatic nitrogens is 3. The number of nitrogens with zero attached hydrogens (tertiary/aromatic N) is 5. The van der Waals surface area contributed by atoms with Crippen molar-refractivity contribution in [3.05, 3.63) is 23.6 Å². The van der Waals surface area contributed by atoms with Crippen LogP contribution < -0.4 is 9.64 Å². The highest BCUT2D eigenvalue weighted by Crippen LogP contribution is 2.42. The van der Waals surface area contributed by atoms with E-state index in [-0.39, 0.29) is 11.8 Å². The predicted molar refractivity (Wildman–Crippen MR) is 114 cm³/mol. The number of carbonyl (C=O) groups excluding carboxylic acids is 1. The molecule has 0 aliphatic carbocycles. The average Bonchev–Trinajstić information content (AvgIpc) is 3.29. The Bertz CT molecular complexity index is 1100. The molecule has 2 aliphatic rings. The summed E-state index contributed by atoms with van der Waals surface area (Å²) < 4.78 is 13.8. The van der Waals surface area contributed by atoms with E-state index in [2.05, 4.69) is 20.7 Å². The number of imidazole rings is 1. The van der Waals surface area contributed by atoms with Gasteiger partial charge in [0, 0.05) is 37.7 Å². The standard InChI is InChI=1S/C22H27N5O3/c1-13(2)21(28)25-7-9-26(10-8-25)22-23-17-6-5-16(18-14(3)24-30-15(18)4)20-19(17)27(22)11-12-29-20/h5-6,13H,7-12H2,1-4H3. The molecule has 0 bridgehead atoms. The molecule has 0 saturated carbocycles. The minimum atomic E-state index is 0.0363. The summed E-state index contributed by atoms with van der Waals surface area (Å²) in [7, 11) is 0. The maximum Gasteiger partial charge on any atom is 0.225 e. The van der Waals surface area contributed by atoms with Gasteiger partial charge in [-0.3, -0.25) is 4.79 Å². The van der Waals surface area contributed by atoms with Crippen molar-refractivity contribution in [3.63, 3.8) is 0 Å². The zero-order valence-electron chi connectivity index (χ0n) is 17.9. The van der Waals surface area contributed by atoms with Gasteiger partial charge in [0.1, 0.15) is 17.9 Å². The fourth-order valence-electron chi connectivity index (χ4n) is 4.57. The Hall–Kier alpha value is -3.03. The van der Waals surface area contributed by atoms with E-state index < -0.39 is 0 Å². The Balaban J connectivity index is 1.52. The van der Waals surface area contributed by atoms with Crippen molar-refractivity contribution in [2.75, 3.05) is 37.7 Å². The number of aryl methyl sites for hydroxylation is 2. The molecule has 3 aromatic rings. The molecule has 0 atom stereocenters. The van der Waals surface area contributed by atoms with Crippen LogP contribution in [0, 0.1) is 19.8 Å². The SMILES string of the molecule is Cc1noc(C)c1-c1ccc2nc(N3CCN(C(=O)C(C)C)CC3)n3c2c1OCC3. The molecule has 1 amide bonds. The van der Waals surface area contributed by atoms with E-state index in [0.717, 1.165) is 78.0 Å². The first-order valence-corrected chi connectivity index (χ1v) is 10.6. The summed E-state index contributed by atoms with van der Waals surface area (Å²) in [6.45, 7) is 12.2. The van der Waals surface area contributed by atoms with Crippen LogP contribution in [0.4, 0.5) is 5.95 Å². The molecule has 158 valence electrons. The second-order valence-corrected chi connectivity index (χ2v) is 8.39. The number of rotatable bonds is 3. The molecule has 1 saturated heterocycles. The summed E-state index contributed by atoms with van der Waals surface area (Å²) in [4.78, 5) is 21.5. The molecule has 8 heteroatoms. The molecule has 0 N–H and O–H groups in total. The molecule has 8 nitrogen and oxygen atoms in total. The van der Waals surface area contributed by atoms with Crippen molar-refractivity contribution in [1.29, 1.82) is 0 Å². The highest BCUT2D eigenvalue weighted by Gasteiger charge is 2.29. The largest absolute Gasteiger partial charge is 0.489 e. The lowest BCUT2D eigenvalue weighted by atomic mass is 10.0. The minimum Gasteiger partial charge on any atom is -0.489 e. The van der Waals surface area contributed by atoms with Crippen molar-refractivity contribution in [2.24, 2.45) is 5.92 Å². The molecule has 4 heterocycles. The fraction of sp³-hybridized carbons (Fsp3) is 0.500. The number of ether oxygens (including phenoxy) is 1. The van der Waals surface area contributed by atoms with E-state index in [1.807, 2.05) is 38.7 Å². The number of hydrogen-bond donors (Lipinski definition) is 0. The summed E-state index contributed by atoms with van der Waals surface area (Å²) in [5.41, 5.74) is 4.79. The highest BCUT2D eigenvalue weighted by molar-refractivity contribution is 5.93. The van der Waals surface area contributed by atoms with Gasteiger partial charge in [-0.15, -0.1) is 0 Å². The van der Waals surface area contributed by atoms with Crippen LogP contribution in [-0.2, 0) is 11.3 Å². The smallest absolute Gasteiger partial charge is 0.225 e. The van der Waals surface area contributed by atoms with E-state index in [1.54, 1.807) is 0 Å². The monoisotopic (exact) mass is 409 g/mol. The highest BCUT2D eigenvalue weighted by atomic mass is 16.5. The fourth-order valence-corrected chi connectivity index (χ4v) is 4.57. The molecule has 2 aromatic heterocycles. The van der Waals surface area contributed by atoms with Gasteiger partial charge in [-0.1, -0.05) is 19.0 Å². The maximum atomic E-state index is 12.3. The molecule has 1 aromatic carbocycles. The van der Waals surface area contributed by atoms with E-state index >= 15 is 0 Å². The van der Waals surface area contributed by atoms with Crippen LogP contribution in [-0.4, -0.2) is 58.3 Å². The Morgan fingerprint density at radius 2 is 1.87 bits per heavy atom. The van der Waals surface area contributed by atoms with Gasteiger partial charge in [-0.25, -0.2) is 4.98 Å². The summed E-state index contributed by atoms with van der Waals surface area (Å²) in [5.74, 6) is 2.86. The van der Waals surface area contributed by atoms with Gasteiger partial charge >= 0.3 is 0 Å². The van der Waals surface area contributed by atoms with Gasteiger partial charge in [0.15, 0.2) is 5.75 Å². The maximum absolute atomic E-state index is 12.3. The van der Waals surface area contributed by atoms with E-state index in [4.69, 9.17) is 14.2 Å². The summed E-state index contributed by atoms with van der Waals surface area (Å²) in [6.07, 6.45) is 0. The summed E-state index contributed by atoms with van der Waals surface area (Å²) in [6, 6.07) is 4.10. The molecule has 0 spiro atoms. The number of piperazine rings is 1. The second-order valence-electron chi connectivity index (χ2n) is 8.39. The minimum absolute atomic E-state index is 0.0363. The number of hydrogen-bond acceptors (Lipinski definition) is 6. The van der Waals surface area contributed by atoms with Crippen molar-refractivity contribution >= 4 is 22.9 Å². The van der Waals surface area contributed by atoms with Crippen molar-refractivity contribution in [3.8, 4) is 16.9 Å². The molecular weight excluding hydrogens is 382 g/mol. The second kappa shape index (κ2) is 7.04. The van der Waals surface area contributed by atoms with Crippen LogP contribution in [0.5, 0.6) is 5.75 Å². The molecular formula is C22H27N5O3. The first-order chi connectivity index (χ1) is 14.5. The van der Waals surface area contributed by atoms with Gasteiger partial charge in [0.2, 0.25) is 11.9 Å². The Morgan fingerprint density at radius 3 is 2.53 bits per heavy atom. The molecule has 0 radical (unpaired) electrons. The molecule has 0 unspecified atom stereocenters. The van der Waals surface area contributed by atoms with Gasteiger partial charge < -0.3 is 23.6 Å². The number of benzene rings is 1. The zero-order chi connectivity index (χ0) is 21.0. The predicted octanol–water partition coefficient (Wildman–Crippen LogP) is 3.01. The lowest BCUT2D eigenvalue weighted by Crippen LogP contribution is -2.50. The number of carbonyl (C=O) groups is 1. The average molecular weight is 409 g/mol. The van der Waals surface area contributed by atoms with Gasteiger partial charge in [0.05, 0.1) is 23.3 Å². The molecule has 30 heavy (non-hydrogen) atoms. The van der Waals surface area contributed by atoms with E-state index in [0.29, 0.717) is 6.61 Å². The first-order valence-electron chi connectivity index (χ1n) is 10.6. The lowest BCUT2D eigenvalue weighted by molar-refractivity contribution is -0.134. The summed E-state index contributed by atoms with van der Waals surface area (Å²) >= 11 is 0. The Kier molecular flexibility index (Phi) is 4.45. The van der Waals surface area contributed by atoms with Gasteiger partial charge in [-0.2, -0.15) is 0 Å². The van der Waals surface area contributed by atoms with E-state index in [9.17, 15) is 4.79 Å². The van der Waals surface area contributed by atoms with Crippen molar-refractivity contribution in [2.45, 2.75) is 34.2 Å². The van der Waals surface area contributed by atoms with Crippen LogP contribution in [0.15, 0.2) is 16.7 Å². The third-order valence-electron chi connectivity index (χ3n) is 6.07. The van der Waals surface area contributed by atoms with Crippen molar-refractivity contribution < 1.29 is 14.1 Å². The van der Waals surface area contributed by atoms with Crippen LogP contribution in [0.2, 0.25) is 0 Å². The topological polar surface area (TPSA) is 76.6 Å². The Morgan fingerprint density at radius 1 is 1.10 bits per heavy atom. The Labute approximate surface area is 175 Å². The third kappa shape index (κ3) is 2.85. The molecule has 2 aliphatic heterocycles. The lowest BCUT2D eigenvalue weighted by Gasteiger charge is -2.36. The first kappa shape index (κ1) is 19.0. The van der Waals surface area contributed by atoms with Crippen LogP contribution >= 0.6 is 0 Å². The van der Waals surface area contributed by atoms with Crippen LogP contribution in [0.25, 0.3) is 22.2 Å². The van der Waals surface area contributed by atoms with Gasteiger partial charge in [0.25, 0.3) is 0 Å². The van der Waals surface area contributed by atoms with Crippen LogP contribution in [0.1, 0.15) is 25.3 Å². The zero-order valence-corrected chi connectivity index (χ0v) is 17.9. The molecule has 5 rings (SSSR count). The summed E-state index contributed by atoms with van der Waals surface area (Å²) in [5, 5.41) is 4.11.